The number of hydrogen-bond acceptors (Lipinski definition) is 4. The van der Waals surface area contributed by atoms with Crippen molar-refractivity contribution < 1.29 is 9.59 Å². The van der Waals surface area contributed by atoms with E-state index in [1.54, 1.807) is 0 Å². The van der Waals surface area contributed by atoms with Crippen molar-refractivity contribution in [2.75, 3.05) is 18.8 Å². The number of fused-ring (bicyclic) bond motifs is 1. The Morgan fingerprint density at radius 1 is 1.24 bits per heavy atom. The molecule has 2 heterocycles. The number of thioether (sulfide) groups is 1. The zero-order valence-electron chi connectivity index (χ0n) is 17.5. The number of aryl methyl sites for hydroxylation is 1. The molecular formula is C22H32N4O2S. The minimum absolute atomic E-state index is 0.0320. The number of nitrogens with zero attached hydrogens (tertiary/aromatic N) is 3. The van der Waals surface area contributed by atoms with Gasteiger partial charge in [-0.2, -0.15) is 0 Å². The van der Waals surface area contributed by atoms with E-state index in [2.05, 4.69) is 22.9 Å². The monoisotopic (exact) mass is 416 g/mol. The summed E-state index contributed by atoms with van der Waals surface area (Å²) in [5.41, 5.74) is 2.13. The summed E-state index contributed by atoms with van der Waals surface area (Å²) in [4.78, 5) is 30.8. The molecule has 1 atom stereocenters. The number of piperidine rings is 1. The number of carbonyl (C=O) groups is 2. The van der Waals surface area contributed by atoms with Gasteiger partial charge in [0, 0.05) is 32.6 Å². The molecule has 1 aromatic heterocycles. The maximum absolute atomic E-state index is 12.8. The van der Waals surface area contributed by atoms with Crippen molar-refractivity contribution in [3.63, 3.8) is 0 Å². The van der Waals surface area contributed by atoms with Crippen molar-refractivity contribution in [2.45, 2.75) is 70.1 Å². The molecule has 6 nitrogen and oxygen atoms in total. The molecule has 3 rings (SSSR count). The first-order valence-corrected chi connectivity index (χ1v) is 11.7. The van der Waals surface area contributed by atoms with E-state index in [0.717, 1.165) is 48.5 Å². The van der Waals surface area contributed by atoms with Crippen LogP contribution in [-0.2, 0) is 16.1 Å². The minimum atomic E-state index is -0.0320. The Morgan fingerprint density at radius 2 is 2.07 bits per heavy atom. The summed E-state index contributed by atoms with van der Waals surface area (Å²) in [6, 6.07) is 8.26. The van der Waals surface area contributed by atoms with E-state index in [4.69, 9.17) is 4.98 Å². The summed E-state index contributed by atoms with van der Waals surface area (Å²) in [7, 11) is 0. The molecule has 0 bridgehead atoms. The lowest BCUT2D eigenvalue weighted by molar-refractivity contribution is -0.130. The summed E-state index contributed by atoms with van der Waals surface area (Å²) in [6.45, 7) is 6.05. The highest BCUT2D eigenvalue weighted by Gasteiger charge is 2.24. The molecule has 0 spiro atoms. The fraction of sp³-hybridized carbons (Fsp3) is 0.591. The van der Waals surface area contributed by atoms with Gasteiger partial charge in [-0.25, -0.2) is 4.98 Å². The van der Waals surface area contributed by atoms with Crippen molar-refractivity contribution in [2.24, 2.45) is 0 Å². The molecule has 0 aliphatic carbocycles. The molecule has 1 fully saturated rings. The molecule has 1 N–H and O–H groups in total. The number of rotatable bonds is 9. The van der Waals surface area contributed by atoms with Crippen LogP contribution in [0.1, 0.15) is 52.4 Å². The van der Waals surface area contributed by atoms with Gasteiger partial charge in [-0.3, -0.25) is 9.59 Å². The van der Waals surface area contributed by atoms with E-state index in [0.29, 0.717) is 12.3 Å². The summed E-state index contributed by atoms with van der Waals surface area (Å²) in [5.74, 6) is 0.468. The van der Waals surface area contributed by atoms with Crippen LogP contribution in [0.15, 0.2) is 29.4 Å². The van der Waals surface area contributed by atoms with Crippen LogP contribution in [0, 0.1) is 0 Å². The normalized spacial score (nSPS) is 16.9. The second-order valence-electron chi connectivity index (χ2n) is 7.76. The van der Waals surface area contributed by atoms with Gasteiger partial charge >= 0.3 is 0 Å². The van der Waals surface area contributed by atoms with Crippen LogP contribution in [-0.4, -0.2) is 51.1 Å². The molecule has 2 aromatic rings. The molecule has 1 saturated heterocycles. The maximum Gasteiger partial charge on any atom is 0.233 e. The van der Waals surface area contributed by atoms with Crippen LogP contribution in [0.3, 0.4) is 0 Å². The molecular weight excluding hydrogens is 384 g/mol. The van der Waals surface area contributed by atoms with E-state index >= 15 is 0 Å². The topological polar surface area (TPSA) is 67.2 Å². The number of nitrogens with one attached hydrogen (secondary N) is 1. The summed E-state index contributed by atoms with van der Waals surface area (Å²) >= 11 is 1.53. The number of unbranched alkanes of at least 4 members (excludes halogenated alkanes) is 3. The van der Waals surface area contributed by atoms with Crippen molar-refractivity contribution in [3.8, 4) is 0 Å². The van der Waals surface area contributed by atoms with Crippen LogP contribution in [0.25, 0.3) is 11.0 Å². The van der Waals surface area contributed by atoms with E-state index in [1.165, 1.54) is 37.9 Å². The number of likely N-dealkylation sites (tertiary alicyclic amines) is 1. The number of amides is 2. The molecule has 1 unspecified atom stereocenters. The van der Waals surface area contributed by atoms with Gasteiger partial charge in [-0.05, 0) is 31.4 Å². The summed E-state index contributed by atoms with van der Waals surface area (Å²) < 4.78 is 2.26. The Balaban J connectivity index is 1.63. The smallest absolute Gasteiger partial charge is 0.233 e. The van der Waals surface area contributed by atoms with Crippen LogP contribution in [0.4, 0.5) is 0 Å². The van der Waals surface area contributed by atoms with Gasteiger partial charge < -0.3 is 14.8 Å². The Bertz CT molecular complexity index is 835. The van der Waals surface area contributed by atoms with Gasteiger partial charge in [-0.1, -0.05) is 50.1 Å². The number of benzene rings is 1. The van der Waals surface area contributed by atoms with Crippen LogP contribution in [0.5, 0.6) is 0 Å². The predicted octanol–water partition coefficient (Wildman–Crippen LogP) is 3.84. The van der Waals surface area contributed by atoms with E-state index in [-0.39, 0.29) is 17.9 Å². The van der Waals surface area contributed by atoms with Crippen molar-refractivity contribution in [1.82, 2.24) is 19.8 Å². The van der Waals surface area contributed by atoms with Gasteiger partial charge in [0.1, 0.15) is 0 Å². The average Bonchev–Trinajstić information content (AvgIpc) is 3.06. The van der Waals surface area contributed by atoms with Crippen LogP contribution in [0.2, 0.25) is 0 Å². The van der Waals surface area contributed by atoms with E-state index in [1.807, 2.05) is 23.1 Å². The number of imidazole rings is 1. The summed E-state index contributed by atoms with van der Waals surface area (Å²) in [6.07, 6.45) is 6.67. The third kappa shape index (κ3) is 5.98. The van der Waals surface area contributed by atoms with Gasteiger partial charge in [0.05, 0.1) is 16.8 Å². The van der Waals surface area contributed by atoms with Crippen LogP contribution >= 0.6 is 11.8 Å². The molecule has 7 heteroatoms. The molecule has 0 radical (unpaired) electrons. The Kier molecular flexibility index (Phi) is 7.98. The average molecular weight is 417 g/mol. The highest BCUT2D eigenvalue weighted by atomic mass is 32.2. The summed E-state index contributed by atoms with van der Waals surface area (Å²) in [5, 5.41) is 3.87. The van der Waals surface area contributed by atoms with E-state index in [9.17, 15) is 9.59 Å². The van der Waals surface area contributed by atoms with Crippen molar-refractivity contribution >= 4 is 34.6 Å². The third-order valence-corrected chi connectivity index (χ3v) is 6.32. The second-order valence-corrected chi connectivity index (χ2v) is 8.71. The van der Waals surface area contributed by atoms with Crippen molar-refractivity contribution in [3.05, 3.63) is 24.3 Å². The Morgan fingerprint density at radius 3 is 2.86 bits per heavy atom. The predicted molar refractivity (Wildman–Crippen MR) is 118 cm³/mol. The number of aromatic nitrogens is 2. The third-order valence-electron chi connectivity index (χ3n) is 5.36. The van der Waals surface area contributed by atoms with Gasteiger partial charge in [0.2, 0.25) is 11.8 Å². The minimum Gasteiger partial charge on any atom is -0.352 e. The quantitative estimate of drug-likeness (QED) is 0.498. The molecule has 0 saturated carbocycles. The highest BCUT2D eigenvalue weighted by molar-refractivity contribution is 7.99. The number of hydrogen-bond donors (Lipinski definition) is 1. The highest BCUT2D eigenvalue weighted by Crippen LogP contribution is 2.25. The Labute approximate surface area is 177 Å². The maximum atomic E-state index is 12.8. The number of para-hydroxylation sites is 2. The molecule has 1 aliphatic rings. The largest absolute Gasteiger partial charge is 0.352 e. The lowest BCUT2D eigenvalue weighted by atomic mass is 10.1. The zero-order valence-corrected chi connectivity index (χ0v) is 18.3. The first-order valence-electron chi connectivity index (χ1n) is 10.7. The molecule has 1 aromatic carbocycles. The lowest BCUT2D eigenvalue weighted by Gasteiger charge is -2.33. The van der Waals surface area contributed by atoms with Gasteiger partial charge in [0.25, 0.3) is 0 Å². The standard InChI is InChI=1S/C22H32N4O2S/c1-3-4-5-8-14-26-20-12-7-6-11-19(20)24-22(26)29-16-21(28)25-13-9-10-18(15-25)23-17(2)27/h6-7,11-12,18H,3-5,8-10,13-16H2,1-2H3,(H,23,27). The molecule has 158 valence electrons. The fourth-order valence-corrected chi connectivity index (χ4v) is 4.85. The lowest BCUT2D eigenvalue weighted by Crippen LogP contribution is -2.49. The van der Waals surface area contributed by atoms with E-state index < -0.39 is 0 Å². The fourth-order valence-electron chi connectivity index (χ4n) is 3.90. The van der Waals surface area contributed by atoms with Crippen LogP contribution < -0.4 is 5.32 Å². The second kappa shape index (κ2) is 10.7. The first-order chi connectivity index (χ1) is 14.1. The van der Waals surface area contributed by atoms with Gasteiger partial charge in [0.15, 0.2) is 5.16 Å². The van der Waals surface area contributed by atoms with Gasteiger partial charge in [-0.15, -0.1) is 0 Å². The zero-order chi connectivity index (χ0) is 20.6. The SMILES string of the molecule is CCCCCCn1c(SCC(=O)N2CCCC(NC(C)=O)C2)nc2ccccc21. The molecule has 29 heavy (non-hydrogen) atoms. The van der Waals surface area contributed by atoms with Crippen molar-refractivity contribution in [1.29, 1.82) is 0 Å². The first kappa shape index (κ1) is 21.7. The molecule has 2 amide bonds. The number of carbonyl (C=O) groups excluding carboxylic acids is 2. The molecule has 1 aliphatic heterocycles. The Hall–Kier alpha value is -2.02.